The summed E-state index contributed by atoms with van der Waals surface area (Å²) in [5.41, 5.74) is 3.05. The van der Waals surface area contributed by atoms with Crippen molar-refractivity contribution < 1.29 is 13.2 Å². The third-order valence-corrected chi connectivity index (χ3v) is 8.33. The molecule has 0 N–H and O–H groups in total. The summed E-state index contributed by atoms with van der Waals surface area (Å²) in [6.07, 6.45) is 3.00. The van der Waals surface area contributed by atoms with E-state index in [4.69, 9.17) is 4.74 Å². The molecule has 4 rings (SSSR count). The molecule has 3 aromatic rings. The van der Waals surface area contributed by atoms with Gasteiger partial charge < -0.3 is 4.74 Å². The number of ether oxygens (including phenoxy) is 1. The quantitative estimate of drug-likeness (QED) is 0.426. The van der Waals surface area contributed by atoms with Crippen LogP contribution in [0.15, 0.2) is 83.8 Å². The van der Waals surface area contributed by atoms with E-state index in [1.807, 2.05) is 85.8 Å². The van der Waals surface area contributed by atoms with E-state index in [0.29, 0.717) is 30.1 Å². The van der Waals surface area contributed by atoms with Crippen molar-refractivity contribution in [1.29, 1.82) is 5.26 Å². The number of rotatable bonds is 8. The van der Waals surface area contributed by atoms with E-state index in [-0.39, 0.29) is 12.2 Å². The van der Waals surface area contributed by atoms with Gasteiger partial charge in [-0.3, -0.25) is 0 Å². The van der Waals surface area contributed by atoms with Crippen LogP contribution in [0.1, 0.15) is 42.0 Å². The van der Waals surface area contributed by atoms with Crippen molar-refractivity contribution in [3.05, 3.63) is 106 Å². The summed E-state index contributed by atoms with van der Waals surface area (Å²) in [6.45, 7) is 2.27. The van der Waals surface area contributed by atoms with Crippen LogP contribution in [0.5, 0.6) is 5.75 Å². The van der Waals surface area contributed by atoms with Crippen LogP contribution >= 0.6 is 0 Å². The zero-order chi connectivity index (χ0) is 23.3. The Morgan fingerprint density at radius 3 is 2.33 bits per heavy atom. The number of hydrogen-bond acceptors (Lipinski definition) is 4. The third-order valence-electron chi connectivity index (χ3n) is 6.19. The highest BCUT2D eigenvalue weighted by Gasteiger charge is 2.35. The first-order chi connectivity index (χ1) is 15.9. The average molecular weight is 458 g/mol. The van der Waals surface area contributed by atoms with Gasteiger partial charge in [0.15, 0.2) is 9.84 Å². The molecule has 0 amide bonds. The Morgan fingerprint density at radius 1 is 0.939 bits per heavy atom. The minimum Gasteiger partial charge on any atom is -0.488 e. The lowest BCUT2D eigenvalue weighted by molar-refractivity contribution is 0.305. The molecule has 168 valence electrons. The smallest absolute Gasteiger partial charge is 0.175 e. The molecule has 3 aromatic carbocycles. The lowest BCUT2D eigenvalue weighted by atomic mass is 9.82. The van der Waals surface area contributed by atoms with Gasteiger partial charge in [-0.05, 0) is 41.7 Å². The average Bonchev–Trinajstić information content (AvgIpc) is 2.83. The van der Waals surface area contributed by atoms with Crippen LogP contribution in [0.4, 0.5) is 0 Å². The zero-order valence-electron chi connectivity index (χ0n) is 18.7. The number of allylic oxidation sites excluding steroid dienone is 1. The fraction of sp³-hybridized carbons (Fsp3) is 0.250. The van der Waals surface area contributed by atoms with Gasteiger partial charge in [-0.2, -0.15) is 5.26 Å². The topological polar surface area (TPSA) is 67.2 Å². The van der Waals surface area contributed by atoms with Crippen LogP contribution in [0.2, 0.25) is 0 Å². The van der Waals surface area contributed by atoms with Gasteiger partial charge in [-0.25, -0.2) is 8.42 Å². The fourth-order valence-electron chi connectivity index (χ4n) is 4.33. The number of aryl methyl sites for hydroxylation is 1. The molecule has 0 aromatic heterocycles. The molecule has 0 bridgehead atoms. The minimum absolute atomic E-state index is 0.105. The summed E-state index contributed by atoms with van der Waals surface area (Å²) in [6, 6.07) is 27.4. The highest BCUT2D eigenvalue weighted by molar-refractivity contribution is 7.95. The van der Waals surface area contributed by atoms with Crippen molar-refractivity contribution >= 4 is 15.9 Å². The van der Waals surface area contributed by atoms with Gasteiger partial charge in [0.1, 0.15) is 12.4 Å². The molecule has 1 aliphatic carbocycles. The van der Waals surface area contributed by atoms with Crippen LogP contribution in [-0.4, -0.2) is 14.2 Å². The second-order valence-electron chi connectivity index (χ2n) is 8.73. The molecule has 0 heterocycles. The van der Waals surface area contributed by atoms with Crippen molar-refractivity contribution in [2.45, 2.75) is 38.2 Å². The van der Waals surface area contributed by atoms with Gasteiger partial charge in [0.25, 0.3) is 0 Å². The highest BCUT2D eigenvalue weighted by Crippen LogP contribution is 2.37. The molecule has 0 aliphatic heterocycles. The predicted octanol–water partition coefficient (Wildman–Crippen LogP) is 5.84. The van der Waals surface area contributed by atoms with Crippen molar-refractivity contribution in [1.82, 2.24) is 0 Å². The summed E-state index contributed by atoms with van der Waals surface area (Å²) in [4.78, 5) is 0.408. The molecule has 4 nitrogen and oxygen atoms in total. The molecule has 0 fully saturated rings. The maximum atomic E-state index is 13.5. The van der Waals surface area contributed by atoms with Gasteiger partial charge in [0.05, 0.1) is 11.8 Å². The second kappa shape index (κ2) is 9.64. The Hall–Kier alpha value is -3.36. The van der Waals surface area contributed by atoms with E-state index in [2.05, 4.69) is 6.07 Å². The first-order valence-corrected chi connectivity index (χ1v) is 12.7. The van der Waals surface area contributed by atoms with E-state index in [0.717, 1.165) is 22.3 Å². The largest absolute Gasteiger partial charge is 0.488 e. The standard InChI is InChI=1S/C28H27NO3S/c1-28(17-18-29,24-12-6-3-7-13-24)21-33(30,31)25-16-15-23-11-8-14-27(26(23)19-25)32-20-22-9-4-2-5-10-22/h2-14,19H,15-17,20-21H2,1H3. The van der Waals surface area contributed by atoms with Crippen molar-refractivity contribution in [2.24, 2.45) is 0 Å². The van der Waals surface area contributed by atoms with Gasteiger partial charge in [0.2, 0.25) is 0 Å². The van der Waals surface area contributed by atoms with E-state index in [9.17, 15) is 13.7 Å². The lowest BCUT2D eigenvalue weighted by Gasteiger charge is -2.29. The molecule has 0 spiro atoms. The molecule has 0 radical (unpaired) electrons. The third kappa shape index (κ3) is 5.18. The summed E-state index contributed by atoms with van der Waals surface area (Å²) >= 11 is 0. The maximum absolute atomic E-state index is 13.5. The lowest BCUT2D eigenvalue weighted by Crippen LogP contribution is -2.32. The number of benzene rings is 3. The molecular weight excluding hydrogens is 430 g/mol. The Kier molecular flexibility index (Phi) is 6.67. The molecule has 0 saturated heterocycles. The van der Waals surface area contributed by atoms with Gasteiger partial charge in [-0.15, -0.1) is 0 Å². The van der Waals surface area contributed by atoms with Crippen LogP contribution < -0.4 is 4.74 Å². The van der Waals surface area contributed by atoms with Crippen LogP contribution in [0.25, 0.3) is 6.08 Å². The van der Waals surface area contributed by atoms with Gasteiger partial charge >= 0.3 is 0 Å². The number of nitriles is 1. The Bertz CT molecular complexity index is 1290. The van der Waals surface area contributed by atoms with Gasteiger partial charge in [-0.1, -0.05) is 79.7 Å². The Morgan fingerprint density at radius 2 is 1.64 bits per heavy atom. The zero-order valence-corrected chi connectivity index (χ0v) is 19.5. The van der Waals surface area contributed by atoms with E-state index in [1.54, 1.807) is 6.08 Å². The van der Waals surface area contributed by atoms with E-state index < -0.39 is 15.3 Å². The van der Waals surface area contributed by atoms with Crippen LogP contribution in [0, 0.1) is 11.3 Å². The van der Waals surface area contributed by atoms with Crippen LogP contribution in [-0.2, 0) is 28.3 Å². The number of hydrogen-bond donors (Lipinski definition) is 0. The van der Waals surface area contributed by atoms with Crippen molar-refractivity contribution in [3.8, 4) is 11.8 Å². The molecule has 1 aliphatic rings. The summed E-state index contributed by atoms with van der Waals surface area (Å²) in [5.74, 6) is 0.581. The van der Waals surface area contributed by atoms with Gasteiger partial charge in [0, 0.05) is 22.3 Å². The fourth-order valence-corrected chi connectivity index (χ4v) is 6.34. The number of sulfone groups is 1. The minimum atomic E-state index is -3.58. The summed E-state index contributed by atoms with van der Waals surface area (Å²) < 4.78 is 33.1. The molecule has 5 heteroatoms. The summed E-state index contributed by atoms with van der Waals surface area (Å²) in [5, 5.41) is 9.41. The number of nitrogens with zero attached hydrogens (tertiary/aromatic N) is 1. The van der Waals surface area contributed by atoms with E-state index >= 15 is 0 Å². The monoisotopic (exact) mass is 457 g/mol. The highest BCUT2D eigenvalue weighted by atomic mass is 32.2. The van der Waals surface area contributed by atoms with Crippen LogP contribution in [0.3, 0.4) is 0 Å². The molecule has 0 saturated carbocycles. The molecule has 1 unspecified atom stereocenters. The second-order valence-corrected chi connectivity index (χ2v) is 10.8. The Labute approximate surface area is 196 Å². The SMILES string of the molecule is CC(CC#N)(CS(=O)(=O)C1=Cc2c(cccc2OCc2ccccc2)CC1)c1ccccc1. The van der Waals surface area contributed by atoms with Crippen molar-refractivity contribution in [3.63, 3.8) is 0 Å². The maximum Gasteiger partial charge on any atom is 0.175 e. The molecular formula is C28H27NO3S. The Balaban J connectivity index is 1.63. The van der Waals surface area contributed by atoms with E-state index in [1.165, 1.54) is 0 Å². The first-order valence-electron chi connectivity index (χ1n) is 11.1. The molecule has 1 atom stereocenters. The normalized spacial score (nSPS) is 15.0. The first kappa shape index (κ1) is 22.8. The number of fused-ring (bicyclic) bond motifs is 1. The summed E-state index contributed by atoms with van der Waals surface area (Å²) in [7, 11) is -3.58. The predicted molar refractivity (Wildman–Crippen MR) is 131 cm³/mol. The molecule has 33 heavy (non-hydrogen) atoms. The van der Waals surface area contributed by atoms with Crippen molar-refractivity contribution in [2.75, 3.05) is 5.75 Å².